The van der Waals surface area contributed by atoms with Crippen LogP contribution in [-0.4, -0.2) is 87.7 Å². The van der Waals surface area contributed by atoms with Crippen molar-refractivity contribution in [2.24, 2.45) is 0 Å². The molecule has 1 heterocycles. The maximum Gasteiger partial charge on any atom is 0.295 e. The Morgan fingerprint density at radius 2 is 1.60 bits per heavy atom. The summed E-state index contributed by atoms with van der Waals surface area (Å²) in [5, 5.41) is 11.2. The van der Waals surface area contributed by atoms with Crippen LogP contribution in [0.4, 0.5) is 0 Å². The molecule has 0 aliphatic carbocycles. The number of ketones is 1. The van der Waals surface area contributed by atoms with Crippen LogP contribution in [0.15, 0.2) is 59.0 Å². The van der Waals surface area contributed by atoms with Gasteiger partial charge in [-0.3, -0.25) is 9.59 Å². The van der Waals surface area contributed by atoms with E-state index in [0.717, 1.165) is 10.8 Å². The summed E-state index contributed by atoms with van der Waals surface area (Å²) in [7, 11) is 4.59. The summed E-state index contributed by atoms with van der Waals surface area (Å²) >= 11 is 0. The number of hydrogen-bond donors (Lipinski definition) is 1. The third-order valence-electron chi connectivity index (χ3n) is 5.88. The number of rotatable bonds is 9. The van der Waals surface area contributed by atoms with Gasteiger partial charge < -0.3 is 19.6 Å². The van der Waals surface area contributed by atoms with Gasteiger partial charge in [0.2, 0.25) is 10.0 Å². The highest BCUT2D eigenvalue weighted by Gasteiger charge is 2.45. The number of benzene rings is 2. The molecule has 188 valence electrons. The van der Waals surface area contributed by atoms with Crippen LogP contribution in [-0.2, 0) is 19.6 Å². The quantitative estimate of drug-likeness (QED) is 0.319. The normalized spacial score (nSPS) is 18.0. The number of ether oxygens (including phenoxy) is 1. The number of Topliss-reactive ketones (excluding diaryl/α,β-unsaturated/α-hetero) is 1. The maximum absolute atomic E-state index is 13.1. The topological polar surface area (TPSA) is 107 Å². The SMILES string of the molecule is COc1ccc(C2C(=C(O)c3ccc(S(=O)(=O)N(C)C)cc3)C(=O)C(=O)N2CCCN(C)C)cc1. The van der Waals surface area contributed by atoms with Gasteiger partial charge in [0, 0.05) is 26.2 Å². The highest BCUT2D eigenvalue weighted by molar-refractivity contribution is 7.89. The van der Waals surface area contributed by atoms with E-state index >= 15 is 0 Å². The number of aliphatic hydroxyl groups is 1. The van der Waals surface area contributed by atoms with Gasteiger partial charge in [0.25, 0.3) is 11.7 Å². The first-order valence-corrected chi connectivity index (χ1v) is 12.5. The van der Waals surface area contributed by atoms with Crippen molar-refractivity contribution in [3.63, 3.8) is 0 Å². The van der Waals surface area contributed by atoms with Crippen molar-refractivity contribution in [2.75, 3.05) is 48.4 Å². The van der Waals surface area contributed by atoms with Crippen LogP contribution >= 0.6 is 0 Å². The molecule has 0 radical (unpaired) electrons. The number of carbonyl (C=O) groups excluding carboxylic acids is 2. The molecular weight excluding hydrogens is 470 g/mol. The zero-order valence-corrected chi connectivity index (χ0v) is 21.4. The van der Waals surface area contributed by atoms with Crippen molar-refractivity contribution in [3.05, 3.63) is 65.2 Å². The van der Waals surface area contributed by atoms with Crippen LogP contribution in [0.25, 0.3) is 5.76 Å². The van der Waals surface area contributed by atoms with Crippen molar-refractivity contribution >= 4 is 27.5 Å². The zero-order chi connectivity index (χ0) is 25.9. The average molecular weight is 502 g/mol. The number of hydrogen-bond acceptors (Lipinski definition) is 7. The third kappa shape index (κ3) is 5.39. The lowest BCUT2D eigenvalue weighted by Gasteiger charge is -2.26. The molecule has 1 atom stereocenters. The molecule has 1 aliphatic rings. The van der Waals surface area contributed by atoms with Gasteiger partial charge in [-0.2, -0.15) is 0 Å². The fourth-order valence-corrected chi connectivity index (χ4v) is 4.85. The molecule has 9 nitrogen and oxygen atoms in total. The monoisotopic (exact) mass is 501 g/mol. The van der Waals surface area contributed by atoms with E-state index in [9.17, 15) is 23.1 Å². The van der Waals surface area contributed by atoms with Gasteiger partial charge in [-0.05, 0) is 69.0 Å². The van der Waals surface area contributed by atoms with Gasteiger partial charge in [-0.25, -0.2) is 12.7 Å². The first-order chi connectivity index (χ1) is 16.5. The van der Waals surface area contributed by atoms with Crippen molar-refractivity contribution in [3.8, 4) is 5.75 Å². The van der Waals surface area contributed by atoms with E-state index in [1.807, 2.05) is 19.0 Å². The number of likely N-dealkylation sites (tertiary alicyclic amines) is 1. The summed E-state index contributed by atoms with van der Waals surface area (Å²) in [6, 6.07) is 11.8. The molecule has 0 spiro atoms. The Labute approximate surface area is 206 Å². The van der Waals surface area contributed by atoms with Crippen LogP contribution in [0.1, 0.15) is 23.6 Å². The lowest BCUT2D eigenvalue weighted by molar-refractivity contribution is -0.139. The number of methoxy groups -OCH3 is 1. The number of amides is 1. The summed E-state index contributed by atoms with van der Waals surface area (Å²) in [4.78, 5) is 29.6. The van der Waals surface area contributed by atoms with Gasteiger partial charge in [0.1, 0.15) is 11.5 Å². The van der Waals surface area contributed by atoms with Crippen molar-refractivity contribution in [2.45, 2.75) is 17.4 Å². The van der Waals surface area contributed by atoms with E-state index in [2.05, 4.69) is 0 Å². The van der Waals surface area contributed by atoms with E-state index < -0.39 is 27.8 Å². The van der Waals surface area contributed by atoms with Gasteiger partial charge in [-0.15, -0.1) is 0 Å². The molecule has 1 amide bonds. The Morgan fingerprint density at radius 1 is 1.00 bits per heavy atom. The first-order valence-electron chi connectivity index (χ1n) is 11.1. The Morgan fingerprint density at radius 3 is 2.11 bits per heavy atom. The Bertz CT molecular complexity index is 1220. The molecule has 2 aromatic rings. The van der Waals surface area contributed by atoms with Gasteiger partial charge in [0.15, 0.2) is 0 Å². The summed E-state index contributed by atoms with van der Waals surface area (Å²) in [6.07, 6.45) is 0.643. The summed E-state index contributed by atoms with van der Waals surface area (Å²) in [5.74, 6) is -1.19. The van der Waals surface area contributed by atoms with Gasteiger partial charge >= 0.3 is 0 Å². The van der Waals surface area contributed by atoms with Gasteiger partial charge in [-0.1, -0.05) is 12.1 Å². The van der Waals surface area contributed by atoms with E-state index in [0.29, 0.717) is 24.3 Å². The van der Waals surface area contributed by atoms with E-state index in [1.54, 1.807) is 31.4 Å². The average Bonchev–Trinajstić information content (AvgIpc) is 3.08. The molecule has 1 fully saturated rings. The third-order valence-corrected chi connectivity index (χ3v) is 7.71. The molecule has 3 rings (SSSR count). The van der Waals surface area contributed by atoms with Crippen LogP contribution in [0, 0.1) is 0 Å². The number of nitrogens with zero attached hydrogens (tertiary/aromatic N) is 3. The molecule has 0 bridgehead atoms. The minimum atomic E-state index is -3.65. The van der Waals surface area contributed by atoms with Crippen LogP contribution in [0.5, 0.6) is 5.75 Å². The van der Waals surface area contributed by atoms with E-state index in [1.165, 1.54) is 43.3 Å². The number of aliphatic hydroxyl groups excluding tert-OH is 1. The van der Waals surface area contributed by atoms with Crippen molar-refractivity contribution < 1.29 is 27.9 Å². The molecule has 0 saturated carbocycles. The first kappa shape index (κ1) is 26.4. The molecule has 10 heteroatoms. The summed E-state index contributed by atoms with van der Waals surface area (Å²) < 4.78 is 31.1. The largest absolute Gasteiger partial charge is 0.507 e. The fraction of sp³-hybridized carbons (Fsp3) is 0.360. The maximum atomic E-state index is 13.1. The molecule has 1 aliphatic heterocycles. The second-order valence-corrected chi connectivity index (χ2v) is 10.9. The molecule has 1 saturated heterocycles. The molecule has 1 unspecified atom stereocenters. The second-order valence-electron chi connectivity index (χ2n) is 8.73. The van der Waals surface area contributed by atoms with Crippen molar-refractivity contribution in [1.82, 2.24) is 14.1 Å². The lowest BCUT2D eigenvalue weighted by Crippen LogP contribution is -2.32. The van der Waals surface area contributed by atoms with Crippen LogP contribution < -0.4 is 4.74 Å². The summed E-state index contributed by atoms with van der Waals surface area (Å²) in [6.45, 7) is 1.05. The van der Waals surface area contributed by atoms with Crippen molar-refractivity contribution in [1.29, 1.82) is 0 Å². The standard InChI is InChI=1S/C25H31N3O6S/c1-26(2)15-6-16-28-22(17-7-11-19(34-5)12-8-17)21(24(30)25(28)31)23(29)18-9-13-20(14-10-18)35(32,33)27(3)4/h7-14,22,29H,6,15-16H2,1-5H3. The highest BCUT2D eigenvalue weighted by Crippen LogP contribution is 2.40. The molecule has 1 N–H and O–H groups in total. The van der Waals surface area contributed by atoms with Crippen LogP contribution in [0.2, 0.25) is 0 Å². The zero-order valence-electron chi connectivity index (χ0n) is 20.6. The smallest absolute Gasteiger partial charge is 0.295 e. The predicted molar refractivity (Wildman–Crippen MR) is 132 cm³/mol. The molecule has 2 aromatic carbocycles. The second kappa shape index (κ2) is 10.6. The Balaban J connectivity index is 2.08. The minimum absolute atomic E-state index is 0.0340. The van der Waals surface area contributed by atoms with E-state index in [4.69, 9.17) is 4.74 Å². The number of sulfonamides is 1. The number of carbonyl (C=O) groups is 2. The summed E-state index contributed by atoms with van der Waals surface area (Å²) in [5.41, 5.74) is 0.865. The highest BCUT2D eigenvalue weighted by atomic mass is 32.2. The lowest BCUT2D eigenvalue weighted by atomic mass is 9.95. The predicted octanol–water partition coefficient (Wildman–Crippen LogP) is 2.32. The van der Waals surface area contributed by atoms with E-state index in [-0.39, 0.29) is 21.8 Å². The van der Waals surface area contributed by atoms with Gasteiger partial charge in [0.05, 0.1) is 23.6 Å². The Kier molecular flexibility index (Phi) is 7.99. The minimum Gasteiger partial charge on any atom is -0.507 e. The fourth-order valence-electron chi connectivity index (χ4n) is 3.95. The molecule has 0 aromatic heterocycles. The molecular formula is C25H31N3O6S. The molecule has 35 heavy (non-hydrogen) atoms. The Hall–Kier alpha value is -3.21. The van der Waals surface area contributed by atoms with Crippen LogP contribution in [0.3, 0.4) is 0 Å².